The summed E-state index contributed by atoms with van der Waals surface area (Å²) in [7, 11) is -3.37. The molecule has 1 saturated heterocycles. The van der Waals surface area contributed by atoms with E-state index in [1.165, 1.54) is 4.31 Å². The highest BCUT2D eigenvalue weighted by Crippen LogP contribution is 2.28. The number of halogens is 1. The standard InChI is InChI=1S/C13H23FN4O2S/c1-11(2)18-10-15-16-13(18)12-5-3-7-17(9-12)21(19,20)8-4-6-14/h10-12H,3-9H2,1-2H3/t12-/m0/s1. The van der Waals surface area contributed by atoms with Crippen molar-refractivity contribution in [3.63, 3.8) is 0 Å². The first kappa shape index (κ1) is 16.4. The molecule has 120 valence electrons. The first-order chi connectivity index (χ1) is 9.95. The van der Waals surface area contributed by atoms with Crippen molar-refractivity contribution in [2.75, 3.05) is 25.5 Å². The van der Waals surface area contributed by atoms with Gasteiger partial charge in [0.25, 0.3) is 0 Å². The zero-order chi connectivity index (χ0) is 15.5. The molecule has 1 atom stereocenters. The fourth-order valence-electron chi connectivity index (χ4n) is 2.71. The third kappa shape index (κ3) is 3.79. The topological polar surface area (TPSA) is 68.1 Å². The lowest BCUT2D eigenvalue weighted by Crippen LogP contribution is -2.41. The normalized spacial score (nSPS) is 21.0. The van der Waals surface area contributed by atoms with E-state index in [9.17, 15) is 12.8 Å². The Kier molecular flexibility index (Phi) is 5.32. The molecule has 1 fully saturated rings. The van der Waals surface area contributed by atoms with Crippen molar-refractivity contribution in [3.8, 4) is 0 Å². The molecule has 0 unspecified atom stereocenters. The van der Waals surface area contributed by atoms with Crippen molar-refractivity contribution in [1.82, 2.24) is 19.1 Å². The Morgan fingerprint density at radius 2 is 2.24 bits per heavy atom. The number of alkyl halides is 1. The van der Waals surface area contributed by atoms with Crippen LogP contribution in [0.5, 0.6) is 0 Å². The third-order valence-electron chi connectivity index (χ3n) is 3.84. The number of hydrogen-bond donors (Lipinski definition) is 0. The lowest BCUT2D eigenvalue weighted by atomic mass is 9.98. The molecule has 0 radical (unpaired) electrons. The quantitative estimate of drug-likeness (QED) is 0.801. The van der Waals surface area contributed by atoms with Gasteiger partial charge in [-0.2, -0.15) is 0 Å². The first-order valence-corrected chi connectivity index (χ1v) is 9.00. The van der Waals surface area contributed by atoms with E-state index in [4.69, 9.17) is 0 Å². The summed E-state index contributed by atoms with van der Waals surface area (Å²) in [6.45, 7) is 4.43. The maximum Gasteiger partial charge on any atom is 0.214 e. The monoisotopic (exact) mass is 318 g/mol. The first-order valence-electron chi connectivity index (χ1n) is 7.39. The summed E-state index contributed by atoms with van der Waals surface area (Å²) in [6.07, 6.45) is 3.45. The minimum atomic E-state index is -3.37. The molecule has 1 aliphatic heterocycles. The van der Waals surface area contributed by atoms with E-state index in [2.05, 4.69) is 10.2 Å². The van der Waals surface area contributed by atoms with Gasteiger partial charge in [0.15, 0.2) is 0 Å². The summed E-state index contributed by atoms with van der Waals surface area (Å²) in [4.78, 5) is 0. The van der Waals surface area contributed by atoms with Gasteiger partial charge in [0.1, 0.15) is 12.2 Å². The summed E-state index contributed by atoms with van der Waals surface area (Å²) in [5, 5.41) is 8.12. The molecule has 1 aliphatic rings. The Hall–Kier alpha value is -1.02. The van der Waals surface area contributed by atoms with Crippen LogP contribution in [0.25, 0.3) is 0 Å². The van der Waals surface area contributed by atoms with E-state index < -0.39 is 16.7 Å². The molecular formula is C13H23FN4O2S. The lowest BCUT2D eigenvalue weighted by Gasteiger charge is -2.31. The van der Waals surface area contributed by atoms with Crippen LogP contribution in [0.15, 0.2) is 6.33 Å². The van der Waals surface area contributed by atoms with Crippen LogP contribution in [-0.4, -0.2) is 53.0 Å². The van der Waals surface area contributed by atoms with Crippen LogP contribution in [0.1, 0.15) is 50.9 Å². The Labute approximate surface area is 125 Å². The largest absolute Gasteiger partial charge is 0.315 e. The molecule has 6 nitrogen and oxygen atoms in total. The van der Waals surface area contributed by atoms with Gasteiger partial charge in [0.2, 0.25) is 10.0 Å². The summed E-state index contributed by atoms with van der Waals surface area (Å²) in [5.41, 5.74) is 0. The van der Waals surface area contributed by atoms with E-state index in [1.54, 1.807) is 6.33 Å². The molecule has 21 heavy (non-hydrogen) atoms. The maximum atomic E-state index is 12.2. The Morgan fingerprint density at radius 1 is 1.48 bits per heavy atom. The highest BCUT2D eigenvalue weighted by atomic mass is 32.2. The number of nitrogens with zero attached hydrogens (tertiary/aromatic N) is 4. The molecular weight excluding hydrogens is 295 g/mol. The van der Waals surface area contributed by atoms with Crippen molar-refractivity contribution in [2.24, 2.45) is 0 Å². The smallest absolute Gasteiger partial charge is 0.214 e. The predicted octanol–water partition coefficient (Wildman–Crippen LogP) is 1.73. The van der Waals surface area contributed by atoms with Crippen molar-refractivity contribution in [2.45, 2.75) is 45.1 Å². The fourth-order valence-corrected chi connectivity index (χ4v) is 4.26. The van der Waals surface area contributed by atoms with Gasteiger partial charge in [-0.05, 0) is 33.1 Å². The Morgan fingerprint density at radius 3 is 2.90 bits per heavy atom. The molecule has 1 aromatic heterocycles. The molecule has 8 heteroatoms. The van der Waals surface area contributed by atoms with Crippen molar-refractivity contribution < 1.29 is 12.8 Å². The van der Waals surface area contributed by atoms with Crippen LogP contribution in [0, 0.1) is 0 Å². The second-order valence-electron chi connectivity index (χ2n) is 5.75. The predicted molar refractivity (Wildman–Crippen MR) is 78.3 cm³/mol. The average Bonchev–Trinajstić information content (AvgIpc) is 2.95. The summed E-state index contributed by atoms with van der Waals surface area (Å²) in [6, 6.07) is 0.244. The van der Waals surface area contributed by atoms with Crippen LogP contribution in [0.4, 0.5) is 4.39 Å². The molecule has 0 saturated carbocycles. The molecule has 2 heterocycles. The zero-order valence-corrected chi connectivity index (χ0v) is 13.4. The van der Waals surface area contributed by atoms with E-state index in [0.717, 1.165) is 18.7 Å². The van der Waals surface area contributed by atoms with E-state index in [0.29, 0.717) is 13.1 Å². The number of rotatable bonds is 6. The van der Waals surface area contributed by atoms with Crippen LogP contribution in [0.2, 0.25) is 0 Å². The van der Waals surface area contributed by atoms with Gasteiger partial charge < -0.3 is 4.57 Å². The van der Waals surface area contributed by atoms with Crippen molar-refractivity contribution in [3.05, 3.63) is 12.2 Å². The van der Waals surface area contributed by atoms with Gasteiger partial charge in [-0.1, -0.05) is 0 Å². The molecule has 0 amide bonds. The maximum absolute atomic E-state index is 12.2. The molecule has 1 aromatic rings. The average molecular weight is 318 g/mol. The number of sulfonamides is 1. The van der Waals surface area contributed by atoms with Gasteiger partial charge in [-0.25, -0.2) is 12.7 Å². The Balaban J connectivity index is 2.12. The zero-order valence-electron chi connectivity index (χ0n) is 12.6. The van der Waals surface area contributed by atoms with Crippen LogP contribution >= 0.6 is 0 Å². The molecule has 2 rings (SSSR count). The molecule has 0 spiro atoms. The molecule has 0 aliphatic carbocycles. The summed E-state index contributed by atoms with van der Waals surface area (Å²) in [5.74, 6) is 0.784. The third-order valence-corrected chi connectivity index (χ3v) is 5.76. The van der Waals surface area contributed by atoms with Crippen molar-refractivity contribution >= 4 is 10.0 Å². The SMILES string of the molecule is CC(C)n1cnnc1[C@H]1CCCN(S(=O)(=O)CCCF)C1. The van der Waals surface area contributed by atoms with E-state index >= 15 is 0 Å². The van der Waals surface area contributed by atoms with Gasteiger partial charge in [-0.3, -0.25) is 4.39 Å². The van der Waals surface area contributed by atoms with Gasteiger partial charge in [-0.15, -0.1) is 10.2 Å². The highest BCUT2D eigenvalue weighted by molar-refractivity contribution is 7.89. The highest BCUT2D eigenvalue weighted by Gasteiger charge is 2.31. The van der Waals surface area contributed by atoms with Crippen LogP contribution in [0.3, 0.4) is 0 Å². The van der Waals surface area contributed by atoms with Crippen LogP contribution in [-0.2, 0) is 10.0 Å². The summed E-state index contributed by atoms with van der Waals surface area (Å²) < 4.78 is 40.1. The van der Waals surface area contributed by atoms with E-state index in [-0.39, 0.29) is 24.1 Å². The van der Waals surface area contributed by atoms with Crippen LogP contribution < -0.4 is 0 Å². The molecule has 0 bridgehead atoms. The van der Waals surface area contributed by atoms with Gasteiger partial charge in [0, 0.05) is 25.0 Å². The van der Waals surface area contributed by atoms with Gasteiger partial charge >= 0.3 is 0 Å². The fraction of sp³-hybridized carbons (Fsp3) is 0.846. The second-order valence-corrected chi connectivity index (χ2v) is 7.83. The molecule has 0 N–H and O–H groups in total. The Bertz CT molecular complexity index is 558. The summed E-state index contributed by atoms with van der Waals surface area (Å²) >= 11 is 0. The van der Waals surface area contributed by atoms with Crippen molar-refractivity contribution in [1.29, 1.82) is 0 Å². The number of hydrogen-bond acceptors (Lipinski definition) is 4. The minimum Gasteiger partial charge on any atom is -0.315 e. The lowest BCUT2D eigenvalue weighted by molar-refractivity contribution is 0.301. The number of aromatic nitrogens is 3. The molecule has 0 aromatic carbocycles. The van der Waals surface area contributed by atoms with Gasteiger partial charge in [0.05, 0.1) is 12.4 Å². The number of piperidine rings is 1. The second kappa shape index (κ2) is 6.83. The minimum absolute atomic E-state index is 0.0591. The van der Waals surface area contributed by atoms with E-state index in [1.807, 2.05) is 18.4 Å².